The van der Waals surface area contributed by atoms with Crippen LogP contribution in [0.5, 0.6) is 17.2 Å². The third-order valence-corrected chi connectivity index (χ3v) is 8.43. The second-order valence-electron chi connectivity index (χ2n) is 11.3. The zero-order valence-electron chi connectivity index (χ0n) is 27.2. The Balaban J connectivity index is 1.28. The molecular formula is C35H44N6O5. The van der Waals surface area contributed by atoms with Crippen LogP contribution in [-0.2, 0) is 11.3 Å². The van der Waals surface area contributed by atoms with Crippen LogP contribution in [0.2, 0.25) is 0 Å². The van der Waals surface area contributed by atoms with E-state index in [0.717, 1.165) is 55.7 Å². The average Bonchev–Trinajstić information content (AvgIpc) is 3.47. The number of piperazine rings is 1. The average molecular weight is 629 g/mol. The first-order chi connectivity index (χ1) is 22.4. The Hall–Kier alpha value is -4.77. The molecule has 1 aliphatic rings. The molecule has 3 aromatic carbocycles. The number of nitrogens with zero attached hydrogens (tertiary/aromatic N) is 4. The number of hydrogen-bond acceptors (Lipinski definition) is 8. The Kier molecular flexibility index (Phi) is 11.0. The van der Waals surface area contributed by atoms with E-state index in [-0.39, 0.29) is 11.8 Å². The van der Waals surface area contributed by atoms with Gasteiger partial charge in [0.2, 0.25) is 11.7 Å². The molecular weight excluding hydrogens is 584 g/mol. The van der Waals surface area contributed by atoms with E-state index >= 15 is 0 Å². The second-order valence-corrected chi connectivity index (χ2v) is 11.3. The van der Waals surface area contributed by atoms with Gasteiger partial charge in [0.15, 0.2) is 11.5 Å². The lowest BCUT2D eigenvalue weighted by molar-refractivity contribution is -0.120. The van der Waals surface area contributed by atoms with Crippen molar-refractivity contribution < 1.29 is 23.8 Å². The highest BCUT2D eigenvalue weighted by molar-refractivity contribution is 5.98. The van der Waals surface area contributed by atoms with Crippen LogP contribution in [-0.4, -0.2) is 93.9 Å². The molecule has 1 fully saturated rings. The lowest BCUT2D eigenvalue weighted by Crippen LogP contribution is -2.47. The van der Waals surface area contributed by atoms with Crippen molar-refractivity contribution in [3.05, 3.63) is 66.2 Å². The van der Waals surface area contributed by atoms with Gasteiger partial charge in [-0.2, -0.15) is 0 Å². The number of nitrogens with one attached hydrogen (secondary N) is 2. The number of aromatic nitrogens is 2. The fourth-order valence-corrected chi connectivity index (χ4v) is 5.92. The number of carbonyl (C=O) groups excluding carboxylic acids is 2. The summed E-state index contributed by atoms with van der Waals surface area (Å²) in [7, 11) is 6.34. The minimum Gasteiger partial charge on any atom is -0.493 e. The second kappa shape index (κ2) is 15.5. The zero-order chi connectivity index (χ0) is 32.5. The monoisotopic (exact) mass is 628 g/mol. The molecule has 1 aliphatic heterocycles. The van der Waals surface area contributed by atoms with E-state index in [2.05, 4.69) is 44.7 Å². The van der Waals surface area contributed by atoms with Crippen LogP contribution in [0.1, 0.15) is 29.6 Å². The highest BCUT2D eigenvalue weighted by atomic mass is 16.5. The standard InChI is InChI=1S/C35H44N6O5/c1-36-32(42)12-8-17-41-29-22-25(13-14-28(29)38-34(41)26-23-30(44-2)33(46-4)31(24-26)45-3)35(43)37-15-9-16-39-18-20-40(21-19-39)27-10-6-5-7-11-27/h5-7,10-11,13-14,22-24H,8-9,12,15-21H2,1-4H3,(H,36,42)(H,37,43). The molecule has 0 saturated carbocycles. The number of amides is 2. The van der Waals surface area contributed by atoms with Crippen molar-refractivity contribution in [1.82, 2.24) is 25.1 Å². The molecule has 244 valence electrons. The van der Waals surface area contributed by atoms with Crippen molar-refractivity contribution in [2.75, 3.05) is 72.5 Å². The van der Waals surface area contributed by atoms with E-state index in [1.807, 2.05) is 34.9 Å². The molecule has 0 spiro atoms. The molecule has 0 atom stereocenters. The third-order valence-electron chi connectivity index (χ3n) is 8.43. The number of carbonyl (C=O) groups is 2. The number of rotatable bonds is 14. The molecule has 46 heavy (non-hydrogen) atoms. The minimum atomic E-state index is -0.122. The first-order valence-electron chi connectivity index (χ1n) is 15.8. The van der Waals surface area contributed by atoms with Crippen molar-refractivity contribution in [3.63, 3.8) is 0 Å². The van der Waals surface area contributed by atoms with E-state index in [4.69, 9.17) is 19.2 Å². The maximum absolute atomic E-state index is 13.2. The van der Waals surface area contributed by atoms with E-state index in [1.165, 1.54) is 5.69 Å². The molecule has 4 aromatic rings. The quantitative estimate of drug-likeness (QED) is 0.200. The topological polar surface area (TPSA) is 110 Å². The van der Waals surface area contributed by atoms with Gasteiger partial charge in [0.25, 0.3) is 5.91 Å². The number of benzene rings is 3. The highest BCUT2D eigenvalue weighted by Crippen LogP contribution is 2.41. The summed E-state index contributed by atoms with van der Waals surface area (Å²) in [6, 6.07) is 19.8. The summed E-state index contributed by atoms with van der Waals surface area (Å²) in [5.74, 6) is 2.04. The van der Waals surface area contributed by atoms with E-state index in [0.29, 0.717) is 54.6 Å². The molecule has 0 aliphatic carbocycles. The molecule has 0 unspecified atom stereocenters. The summed E-state index contributed by atoms with van der Waals surface area (Å²) < 4.78 is 18.7. The number of imidazole rings is 1. The van der Waals surface area contributed by atoms with Gasteiger partial charge in [-0.25, -0.2) is 4.98 Å². The van der Waals surface area contributed by atoms with Crippen LogP contribution in [0.3, 0.4) is 0 Å². The van der Waals surface area contributed by atoms with Gasteiger partial charge >= 0.3 is 0 Å². The van der Waals surface area contributed by atoms with E-state index in [1.54, 1.807) is 34.4 Å². The van der Waals surface area contributed by atoms with Gasteiger partial charge in [-0.05, 0) is 61.9 Å². The van der Waals surface area contributed by atoms with Gasteiger partial charge in [0.05, 0.1) is 32.4 Å². The van der Waals surface area contributed by atoms with Crippen LogP contribution >= 0.6 is 0 Å². The predicted molar refractivity (Wildman–Crippen MR) is 180 cm³/mol. The highest BCUT2D eigenvalue weighted by Gasteiger charge is 2.21. The Morgan fingerprint density at radius 1 is 0.848 bits per heavy atom. The maximum atomic E-state index is 13.2. The van der Waals surface area contributed by atoms with Crippen molar-refractivity contribution in [3.8, 4) is 28.6 Å². The Bertz CT molecular complexity index is 1610. The Morgan fingerprint density at radius 2 is 1.57 bits per heavy atom. The normalized spacial score (nSPS) is 13.4. The molecule has 2 amide bonds. The summed E-state index contributed by atoms with van der Waals surface area (Å²) >= 11 is 0. The lowest BCUT2D eigenvalue weighted by atomic mass is 10.1. The Labute approximate surface area is 270 Å². The molecule has 1 saturated heterocycles. The van der Waals surface area contributed by atoms with Crippen LogP contribution in [0.15, 0.2) is 60.7 Å². The van der Waals surface area contributed by atoms with Gasteiger partial charge in [-0.1, -0.05) is 18.2 Å². The summed E-state index contributed by atoms with van der Waals surface area (Å²) in [5.41, 5.74) is 4.16. The van der Waals surface area contributed by atoms with Crippen LogP contribution in [0.25, 0.3) is 22.4 Å². The van der Waals surface area contributed by atoms with Crippen molar-refractivity contribution >= 4 is 28.5 Å². The maximum Gasteiger partial charge on any atom is 0.251 e. The number of hydrogen-bond donors (Lipinski definition) is 2. The van der Waals surface area contributed by atoms with Gasteiger partial charge in [0, 0.05) is 69.6 Å². The lowest BCUT2D eigenvalue weighted by Gasteiger charge is -2.36. The molecule has 2 N–H and O–H groups in total. The fraction of sp³-hybridized carbons (Fsp3) is 0.400. The molecule has 5 rings (SSSR count). The summed E-state index contributed by atoms with van der Waals surface area (Å²) in [5, 5.41) is 5.78. The first-order valence-corrected chi connectivity index (χ1v) is 15.8. The molecule has 1 aromatic heterocycles. The smallest absolute Gasteiger partial charge is 0.251 e. The largest absolute Gasteiger partial charge is 0.493 e. The SMILES string of the molecule is CNC(=O)CCCn1c(-c2cc(OC)c(OC)c(OC)c2)nc2ccc(C(=O)NCCCN3CCN(c4ccccc4)CC3)cc21. The molecule has 11 nitrogen and oxygen atoms in total. The number of ether oxygens (including phenoxy) is 3. The van der Waals surface area contributed by atoms with Crippen LogP contribution < -0.4 is 29.7 Å². The van der Waals surface area contributed by atoms with Crippen molar-refractivity contribution in [2.45, 2.75) is 25.8 Å². The van der Waals surface area contributed by atoms with Gasteiger partial charge in [0.1, 0.15) is 5.82 Å². The first kappa shape index (κ1) is 32.6. The zero-order valence-corrected chi connectivity index (χ0v) is 27.2. The summed E-state index contributed by atoms with van der Waals surface area (Å²) in [6.45, 7) is 6.10. The number of methoxy groups -OCH3 is 3. The van der Waals surface area contributed by atoms with Crippen LogP contribution in [0.4, 0.5) is 5.69 Å². The molecule has 11 heteroatoms. The molecule has 0 bridgehead atoms. The van der Waals surface area contributed by atoms with E-state index in [9.17, 15) is 9.59 Å². The van der Waals surface area contributed by atoms with Crippen LogP contribution in [0, 0.1) is 0 Å². The van der Waals surface area contributed by atoms with Crippen molar-refractivity contribution in [1.29, 1.82) is 0 Å². The van der Waals surface area contributed by atoms with Gasteiger partial charge in [-0.15, -0.1) is 0 Å². The molecule has 2 heterocycles. The number of aryl methyl sites for hydroxylation is 1. The fourth-order valence-electron chi connectivity index (χ4n) is 5.92. The summed E-state index contributed by atoms with van der Waals surface area (Å²) in [6.07, 6.45) is 1.84. The minimum absolute atomic E-state index is 0.0307. The number of anilines is 1. The number of fused-ring (bicyclic) bond motifs is 1. The summed E-state index contributed by atoms with van der Waals surface area (Å²) in [4.78, 5) is 35.1. The van der Waals surface area contributed by atoms with E-state index < -0.39 is 0 Å². The van der Waals surface area contributed by atoms with Gasteiger partial charge < -0.3 is 34.3 Å². The predicted octanol–water partition coefficient (Wildman–Crippen LogP) is 4.20. The third kappa shape index (κ3) is 7.54. The Morgan fingerprint density at radius 3 is 2.22 bits per heavy atom. The number of para-hydroxylation sites is 1. The molecule has 0 radical (unpaired) electrons. The van der Waals surface area contributed by atoms with Gasteiger partial charge in [-0.3, -0.25) is 14.5 Å². The van der Waals surface area contributed by atoms with Crippen molar-refractivity contribution in [2.24, 2.45) is 0 Å².